The van der Waals surface area contributed by atoms with E-state index in [1.165, 1.54) is 0 Å². The Balaban J connectivity index is 0.000000323. The van der Waals surface area contributed by atoms with Crippen molar-refractivity contribution < 1.29 is 25.4 Å². The lowest BCUT2D eigenvalue weighted by Crippen LogP contribution is -2.09. The van der Waals surface area contributed by atoms with Gasteiger partial charge in [-0.2, -0.15) is 27.4 Å². The highest BCUT2D eigenvalue weighted by Gasteiger charge is 2.15. The molecule has 0 heterocycles. The first-order chi connectivity index (χ1) is 15.1. The molecule has 0 aliphatic heterocycles. The molecule has 0 amide bonds. The summed E-state index contributed by atoms with van der Waals surface area (Å²) in [6.07, 6.45) is 12.3. The SMILES string of the molecule is CCCCS(=O)(=O)ON=C(C#N)C1=CCCC1.CS(=O)(=O)ON=C(C#N)C1=CCCCC1. The number of hydrogen-bond donors (Lipinski definition) is 0. The van der Waals surface area contributed by atoms with Crippen molar-refractivity contribution in [3.8, 4) is 12.1 Å². The van der Waals surface area contributed by atoms with E-state index in [9.17, 15) is 16.8 Å². The van der Waals surface area contributed by atoms with Crippen LogP contribution in [0.3, 0.4) is 0 Å². The second kappa shape index (κ2) is 13.7. The summed E-state index contributed by atoms with van der Waals surface area (Å²) >= 11 is 0. The lowest BCUT2D eigenvalue weighted by atomic mass is 9.97. The van der Waals surface area contributed by atoms with Crippen molar-refractivity contribution in [1.82, 2.24) is 0 Å². The average molecular weight is 485 g/mol. The van der Waals surface area contributed by atoms with E-state index in [0.29, 0.717) is 6.42 Å². The molecule has 2 rings (SSSR count). The fourth-order valence-corrected chi connectivity index (χ4v) is 3.91. The normalized spacial score (nSPS) is 17.1. The Bertz CT molecular complexity index is 1060. The van der Waals surface area contributed by atoms with E-state index in [2.05, 4.69) is 18.9 Å². The Morgan fingerprint density at radius 3 is 1.91 bits per heavy atom. The number of nitriles is 2. The van der Waals surface area contributed by atoms with Gasteiger partial charge < -0.3 is 0 Å². The van der Waals surface area contributed by atoms with Gasteiger partial charge in [-0.25, -0.2) is 0 Å². The third-order valence-corrected chi connectivity index (χ3v) is 5.84. The van der Waals surface area contributed by atoms with E-state index in [1.807, 2.05) is 31.2 Å². The van der Waals surface area contributed by atoms with Gasteiger partial charge in [-0.15, -0.1) is 0 Å². The van der Waals surface area contributed by atoms with Gasteiger partial charge in [0.1, 0.15) is 12.1 Å². The van der Waals surface area contributed by atoms with Crippen LogP contribution in [0.4, 0.5) is 0 Å². The summed E-state index contributed by atoms with van der Waals surface area (Å²) in [5.74, 6) is -0.0647. The smallest absolute Gasteiger partial charge is 0.267 e. The van der Waals surface area contributed by atoms with Gasteiger partial charge in [-0.3, -0.25) is 8.57 Å². The number of allylic oxidation sites excluding steroid dienone is 4. The second-order valence-electron chi connectivity index (χ2n) is 7.17. The molecule has 0 fully saturated rings. The molecule has 0 atom stereocenters. The lowest BCUT2D eigenvalue weighted by Gasteiger charge is -2.09. The number of oxime groups is 2. The highest BCUT2D eigenvalue weighted by atomic mass is 32.2. The van der Waals surface area contributed by atoms with Crippen LogP contribution in [0.2, 0.25) is 0 Å². The number of unbranched alkanes of at least 4 members (excludes halogenated alkanes) is 1. The van der Waals surface area contributed by atoms with Crippen LogP contribution in [0.1, 0.15) is 64.7 Å². The highest BCUT2D eigenvalue weighted by molar-refractivity contribution is 7.86. The minimum absolute atomic E-state index is 0.0557. The maximum absolute atomic E-state index is 11.4. The largest absolute Gasteiger partial charge is 0.328 e. The molecule has 2 aliphatic carbocycles. The number of nitrogens with zero attached hydrogens (tertiary/aromatic N) is 4. The summed E-state index contributed by atoms with van der Waals surface area (Å²) in [5, 5.41) is 24.4. The molecule has 0 saturated heterocycles. The molecular formula is C20H28N4O6S2. The summed E-state index contributed by atoms with van der Waals surface area (Å²) in [6.45, 7) is 1.89. The Morgan fingerprint density at radius 1 is 0.938 bits per heavy atom. The zero-order chi connectivity index (χ0) is 24.0. The van der Waals surface area contributed by atoms with Crippen LogP contribution in [0.15, 0.2) is 33.6 Å². The molecule has 32 heavy (non-hydrogen) atoms. The average Bonchev–Trinajstić information content (AvgIpc) is 3.28. The molecule has 2 aliphatic rings. The molecule has 0 aromatic heterocycles. The van der Waals surface area contributed by atoms with Crippen molar-refractivity contribution in [3.63, 3.8) is 0 Å². The van der Waals surface area contributed by atoms with E-state index < -0.39 is 20.2 Å². The van der Waals surface area contributed by atoms with Crippen LogP contribution in [0, 0.1) is 22.7 Å². The van der Waals surface area contributed by atoms with Gasteiger partial charge in [0.15, 0.2) is 11.4 Å². The zero-order valence-electron chi connectivity index (χ0n) is 18.3. The van der Waals surface area contributed by atoms with Crippen molar-refractivity contribution in [2.45, 2.75) is 64.7 Å². The maximum atomic E-state index is 11.4. The van der Waals surface area contributed by atoms with Crippen LogP contribution in [0.25, 0.3) is 0 Å². The van der Waals surface area contributed by atoms with Crippen molar-refractivity contribution in [2.24, 2.45) is 10.3 Å². The summed E-state index contributed by atoms with van der Waals surface area (Å²) in [6, 6.07) is 3.70. The fraction of sp³-hybridized carbons (Fsp3) is 0.600. The molecule has 0 radical (unpaired) electrons. The van der Waals surface area contributed by atoms with Crippen LogP contribution in [0.5, 0.6) is 0 Å². The Kier molecular flexibility index (Phi) is 11.7. The Labute approximate surface area is 190 Å². The van der Waals surface area contributed by atoms with E-state index in [0.717, 1.165) is 68.8 Å². The molecule has 0 unspecified atom stereocenters. The summed E-state index contributed by atoms with van der Waals surface area (Å²) < 4.78 is 52.8. The molecular weight excluding hydrogens is 456 g/mol. The van der Waals surface area contributed by atoms with E-state index in [-0.39, 0.29) is 17.2 Å². The van der Waals surface area contributed by atoms with Gasteiger partial charge in [-0.05, 0) is 62.5 Å². The molecule has 0 aromatic rings. The van der Waals surface area contributed by atoms with Crippen LogP contribution in [-0.2, 0) is 28.8 Å². The predicted molar refractivity (Wildman–Crippen MR) is 120 cm³/mol. The van der Waals surface area contributed by atoms with Crippen LogP contribution in [-0.4, -0.2) is 40.3 Å². The van der Waals surface area contributed by atoms with Gasteiger partial charge >= 0.3 is 20.2 Å². The lowest BCUT2D eigenvalue weighted by molar-refractivity contribution is 0.338. The van der Waals surface area contributed by atoms with Gasteiger partial charge in [0, 0.05) is 0 Å². The number of hydrogen-bond acceptors (Lipinski definition) is 10. The molecule has 176 valence electrons. The standard InChI is InChI=1S/C11H16N2O3S.C9H12N2O3S/c1-2-3-8-17(14,15)16-13-11(9-12)10-6-4-5-7-10;1-15(12,13)14-11-9(7-10)8-5-3-2-4-6-8/h6H,2-5,7-8H2,1H3;5H,2-4,6H2,1H3. The van der Waals surface area contributed by atoms with Gasteiger partial charge in [0.2, 0.25) is 0 Å². The Hall–Kier alpha value is -2.70. The molecule has 0 spiro atoms. The summed E-state index contributed by atoms with van der Waals surface area (Å²) in [7, 11) is -7.28. The topological polar surface area (TPSA) is 159 Å². The fourth-order valence-electron chi connectivity index (χ4n) is 2.80. The first-order valence-electron chi connectivity index (χ1n) is 10.3. The third kappa shape index (κ3) is 11.1. The molecule has 10 nitrogen and oxygen atoms in total. The van der Waals surface area contributed by atoms with Gasteiger partial charge in [0.05, 0.1) is 12.0 Å². The first-order valence-corrected chi connectivity index (χ1v) is 13.7. The summed E-state index contributed by atoms with van der Waals surface area (Å²) in [4.78, 5) is 0. The van der Waals surface area contributed by atoms with E-state index in [4.69, 9.17) is 10.5 Å². The van der Waals surface area contributed by atoms with Crippen molar-refractivity contribution in [3.05, 3.63) is 23.3 Å². The molecule has 0 N–H and O–H groups in total. The minimum Gasteiger partial charge on any atom is -0.267 e. The second-order valence-corrected chi connectivity index (χ2v) is 10.4. The third-order valence-electron chi connectivity index (χ3n) is 4.41. The predicted octanol–water partition coefficient (Wildman–Crippen LogP) is 3.47. The van der Waals surface area contributed by atoms with Crippen molar-refractivity contribution in [2.75, 3.05) is 12.0 Å². The Morgan fingerprint density at radius 2 is 1.47 bits per heavy atom. The van der Waals surface area contributed by atoms with E-state index >= 15 is 0 Å². The molecule has 0 bridgehead atoms. The highest BCUT2D eigenvalue weighted by Crippen LogP contribution is 2.19. The first kappa shape index (κ1) is 27.3. The monoisotopic (exact) mass is 484 g/mol. The maximum Gasteiger partial charge on any atom is 0.328 e. The minimum atomic E-state index is -3.64. The molecule has 12 heteroatoms. The molecule has 0 saturated carbocycles. The van der Waals surface area contributed by atoms with Gasteiger partial charge in [-0.1, -0.05) is 35.8 Å². The molecule has 0 aromatic carbocycles. The summed E-state index contributed by atoms with van der Waals surface area (Å²) in [5.41, 5.74) is 1.67. The van der Waals surface area contributed by atoms with Crippen molar-refractivity contribution >= 4 is 31.7 Å². The quantitative estimate of drug-likeness (QED) is 0.355. The van der Waals surface area contributed by atoms with Crippen LogP contribution >= 0.6 is 0 Å². The number of rotatable bonds is 9. The zero-order valence-corrected chi connectivity index (χ0v) is 19.9. The van der Waals surface area contributed by atoms with Crippen molar-refractivity contribution in [1.29, 1.82) is 10.5 Å². The van der Waals surface area contributed by atoms with Gasteiger partial charge in [0.25, 0.3) is 0 Å². The van der Waals surface area contributed by atoms with Crippen LogP contribution < -0.4 is 0 Å². The van der Waals surface area contributed by atoms with E-state index in [1.54, 1.807) is 0 Å².